The van der Waals surface area contributed by atoms with Gasteiger partial charge in [-0.15, -0.1) is 0 Å². The van der Waals surface area contributed by atoms with E-state index in [0.717, 1.165) is 6.54 Å². The first-order valence-electron chi connectivity index (χ1n) is 7.30. The summed E-state index contributed by atoms with van der Waals surface area (Å²) in [5, 5.41) is 3.63. The van der Waals surface area contributed by atoms with E-state index in [1.54, 1.807) is 0 Å². The molecular weight excluding hydrogens is 218 g/mol. The van der Waals surface area contributed by atoms with Crippen LogP contribution in [0.5, 0.6) is 0 Å². The van der Waals surface area contributed by atoms with Crippen molar-refractivity contribution in [3.05, 3.63) is 35.4 Å². The third-order valence-electron chi connectivity index (χ3n) is 3.96. The van der Waals surface area contributed by atoms with E-state index in [4.69, 9.17) is 0 Å². The monoisotopic (exact) mass is 247 g/mol. The van der Waals surface area contributed by atoms with Crippen LogP contribution in [0.2, 0.25) is 0 Å². The van der Waals surface area contributed by atoms with Crippen LogP contribution in [-0.4, -0.2) is 6.54 Å². The van der Waals surface area contributed by atoms with E-state index in [2.05, 4.69) is 71.1 Å². The van der Waals surface area contributed by atoms with Crippen LogP contribution in [0.1, 0.15) is 64.6 Å². The van der Waals surface area contributed by atoms with Gasteiger partial charge in [-0.25, -0.2) is 0 Å². The number of nitrogens with one attached hydrogen (secondary N) is 1. The third-order valence-corrected chi connectivity index (χ3v) is 3.96. The van der Waals surface area contributed by atoms with Gasteiger partial charge in [0.05, 0.1) is 0 Å². The summed E-state index contributed by atoms with van der Waals surface area (Å²) >= 11 is 0. The summed E-state index contributed by atoms with van der Waals surface area (Å²) in [5.74, 6) is 1.95. The van der Waals surface area contributed by atoms with Crippen molar-refractivity contribution in [2.24, 2.45) is 11.8 Å². The van der Waals surface area contributed by atoms with Crippen molar-refractivity contribution in [1.29, 1.82) is 0 Å². The molecule has 0 amide bonds. The molecule has 0 aliphatic carbocycles. The van der Waals surface area contributed by atoms with Gasteiger partial charge >= 0.3 is 0 Å². The van der Waals surface area contributed by atoms with Crippen LogP contribution in [0.4, 0.5) is 0 Å². The van der Waals surface area contributed by atoms with Crippen molar-refractivity contribution >= 4 is 0 Å². The van der Waals surface area contributed by atoms with Crippen molar-refractivity contribution in [3.63, 3.8) is 0 Å². The minimum absolute atomic E-state index is 0.469. The van der Waals surface area contributed by atoms with Gasteiger partial charge in [-0.3, -0.25) is 0 Å². The highest BCUT2D eigenvalue weighted by Crippen LogP contribution is 2.28. The highest BCUT2D eigenvalue weighted by atomic mass is 14.9. The van der Waals surface area contributed by atoms with Crippen molar-refractivity contribution in [1.82, 2.24) is 5.32 Å². The summed E-state index contributed by atoms with van der Waals surface area (Å²) in [7, 11) is 0. The molecule has 18 heavy (non-hydrogen) atoms. The van der Waals surface area contributed by atoms with E-state index in [0.29, 0.717) is 23.8 Å². The Labute approximate surface area is 113 Å². The van der Waals surface area contributed by atoms with Gasteiger partial charge in [-0.05, 0) is 35.4 Å². The quantitative estimate of drug-likeness (QED) is 0.764. The van der Waals surface area contributed by atoms with Crippen LogP contribution in [-0.2, 0) is 0 Å². The maximum absolute atomic E-state index is 3.63. The second kappa shape index (κ2) is 6.94. The smallest absolute Gasteiger partial charge is 0.0348 e. The van der Waals surface area contributed by atoms with Crippen molar-refractivity contribution in [3.8, 4) is 0 Å². The van der Waals surface area contributed by atoms with Gasteiger partial charge in [0, 0.05) is 6.04 Å². The molecule has 1 aromatic carbocycles. The number of benzene rings is 1. The molecule has 1 N–H and O–H groups in total. The Balaban J connectivity index is 2.92. The molecule has 1 nitrogen and oxygen atoms in total. The molecule has 1 heteroatoms. The van der Waals surface area contributed by atoms with E-state index in [1.807, 2.05) is 0 Å². The van der Waals surface area contributed by atoms with Crippen LogP contribution in [0.15, 0.2) is 24.3 Å². The van der Waals surface area contributed by atoms with Crippen molar-refractivity contribution < 1.29 is 0 Å². The van der Waals surface area contributed by atoms with E-state index >= 15 is 0 Å². The van der Waals surface area contributed by atoms with Crippen LogP contribution in [0, 0.1) is 11.8 Å². The topological polar surface area (TPSA) is 12.0 Å². The van der Waals surface area contributed by atoms with Gasteiger partial charge in [-0.1, -0.05) is 65.8 Å². The maximum Gasteiger partial charge on any atom is 0.0348 e. The SMILES string of the molecule is CCNC(c1ccc(C(C)C)cc1)C(C)C(C)C. The Morgan fingerprint density at radius 2 is 1.39 bits per heavy atom. The first-order chi connectivity index (χ1) is 8.47. The van der Waals surface area contributed by atoms with Gasteiger partial charge in [0.1, 0.15) is 0 Å². The predicted octanol–water partition coefficient (Wildman–Crippen LogP) is 4.75. The first-order valence-corrected chi connectivity index (χ1v) is 7.30. The highest BCUT2D eigenvalue weighted by molar-refractivity contribution is 5.27. The van der Waals surface area contributed by atoms with Gasteiger partial charge in [0.2, 0.25) is 0 Å². The zero-order valence-corrected chi connectivity index (χ0v) is 12.8. The van der Waals surface area contributed by atoms with E-state index in [1.165, 1.54) is 11.1 Å². The predicted molar refractivity (Wildman–Crippen MR) is 81.0 cm³/mol. The van der Waals surface area contributed by atoms with Gasteiger partial charge in [0.25, 0.3) is 0 Å². The molecule has 0 saturated heterocycles. The minimum atomic E-state index is 0.469. The summed E-state index contributed by atoms with van der Waals surface area (Å²) in [4.78, 5) is 0. The molecule has 0 bridgehead atoms. The normalized spacial score (nSPS) is 15.1. The lowest BCUT2D eigenvalue weighted by atomic mass is 9.85. The Bertz CT molecular complexity index is 337. The Morgan fingerprint density at radius 3 is 1.78 bits per heavy atom. The molecular formula is C17H29N. The van der Waals surface area contributed by atoms with Gasteiger partial charge in [-0.2, -0.15) is 0 Å². The fourth-order valence-electron chi connectivity index (χ4n) is 2.30. The second-order valence-corrected chi connectivity index (χ2v) is 5.96. The standard InChI is InChI=1S/C17H29N/c1-7-18-17(14(6)12(2)3)16-10-8-15(9-11-16)13(4)5/h8-14,17-18H,7H2,1-6H3. The summed E-state index contributed by atoms with van der Waals surface area (Å²) in [6.45, 7) is 14.6. The molecule has 0 aromatic heterocycles. The maximum atomic E-state index is 3.63. The average Bonchev–Trinajstić information content (AvgIpc) is 2.35. The molecule has 0 spiro atoms. The summed E-state index contributed by atoms with van der Waals surface area (Å²) in [6.07, 6.45) is 0. The molecule has 2 atom stereocenters. The highest BCUT2D eigenvalue weighted by Gasteiger charge is 2.20. The molecule has 1 aromatic rings. The third kappa shape index (κ3) is 3.84. The largest absolute Gasteiger partial charge is 0.310 e. The van der Waals surface area contributed by atoms with Crippen molar-refractivity contribution in [2.45, 2.75) is 53.5 Å². The number of hydrogen-bond acceptors (Lipinski definition) is 1. The molecule has 102 valence electrons. The molecule has 2 unspecified atom stereocenters. The molecule has 0 radical (unpaired) electrons. The molecule has 0 aliphatic heterocycles. The van der Waals surface area contributed by atoms with Gasteiger partial charge in [0.15, 0.2) is 0 Å². The summed E-state index contributed by atoms with van der Waals surface area (Å²) in [5.41, 5.74) is 2.84. The first kappa shape index (κ1) is 15.2. The van der Waals surface area contributed by atoms with Crippen LogP contribution in [0.3, 0.4) is 0 Å². The lowest BCUT2D eigenvalue weighted by molar-refractivity contribution is 0.307. The molecule has 0 fully saturated rings. The lowest BCUT2D eigenvalue weighted by Crippen LogP contribution is -2.29. The molecule has 1 rings (SSSR count). The van der Waals surface area contributed by atoms with Crippen LogP contribution in [0.25, 0.3) is 0 Å². The zero-order chi connectivity index (χ0) is 13.7. The lowest BCUT2D eigenvalue weighted by Gasteiger charge is -2.28. The van der Waals surface area contributed by atoms with E-state index < -0.39 is 0 Å². The second-order valence-electron chi connectivity index (χ2n) is 5.96. The zero-order valence-electron chi connectivity index (χ0n) is 12.8. The fraction of sp³-hybridized carbons (Fsp3) is 0.647. The fourth-order valence-corrected chi connectivity index (χ4v) is 2.30. The Morgan fingerprint density at radius 1 is 0.889 bits per heavy atom. The summed E-state index contributed by atoms with van der Waals surface area (Å²) in [6, 6.07) is 9.61. The average molecular weight is 247 g/mol. The summed E-state index contributed by atoms with van der Waals surface area (Å²) < 4.78 is 0. The minimum Gasteiger partial charge on any atom is -0.310 e. The Hall–Kier alpha value is -0.820. The number of hydrogen-bond donors (Lipinski definition) is 1. The van der Waals surface area contributed by atoms with Crippen LogP contribution >= 0.6 is 0 Å². The molecule has 0 heterocycles. The van der Waals surface area contributed by atoms with E-state index in [-0.39, 0.29) is 0 Å². The van der Waals surface area contributed by atoms with Crippen LogP contribution < -0.4 is 5.32 Å². The molecule has 0 aliphatic rings. The molecule has 0 saturated carbocycles. The van der Waals surface area contributed by atoms with Crippen molar-refractivity contribution in [2.75, 3.05) is 6.54 Å². The number of rotatable bonds is 6. The van der Waals surface area contributed by atoms with Gasteiger partial charge < -0.3 is 5.32 Å². The Kier molecular flexibility index (Phi) is 5.87. The van der Waals surface area contributed by atoms with E-state index in [9.17, 15) is 0 Å².